The smallest absolute Gasteiger partial charge is 0.235 e. The maximum absolute atomic E-state index is 12.3. The lowest BCUT2D eigenvalue weighted by molar-refractivity contribution is -0.121. The zero-order valence-electron chi connectivity index (χ0n) is 14.9. The van der Waals surface area contributed by atoms with E-state index in [1.807, 2.05) is 18.2 Å². The molecule has 0 unspecified atom stereocenters. The average molecular weight is 431 g/mol. The summed E-state index contributed by atoms with van der Waals surface area (Å²) in [4.78, 5) is 12.3. The molecule has 0 bridgehead atoms. The molecule has 0 aromatic heterocycles. The van der Waals surface area contributed by atoms with Crippen molar-refractivity contribution < 1.29 is 17.9 Å². The molecule has 0 heterocycles. The highest BCUT2D eigenvalue weighted by Crippen LogP contribution is 2.23. The standard InChI is InChI=1S/C18H20Cl2N2O4S/c1-26-17-6-4-3-5-14(17)10-21-18(23)12-22(27(2,24)25)11-13-7-8-15(19)16(20)9-13/h3-9H,10-12H2,1-2H3,(H,21,23). The van der Waals surface area contributed by atoms with Gasteiger partial charge in [0.2, 0.25) is 15.9 Å². The molecule has 0 fully saturated rings. The number of carbonyl (C=O) groups excluding carboxylic acids is 1. The molecule has 0 spiro atoms. The lowest BCUT2D eigenvalue weighted by atomic mass is 10.2. The molecule has 0 aliphatic heterocycles. The van der Waals surface area contributed by atoms with Gasteiger partial charge in [-0.3, -0.25) is 4.79 Å². The van der Waals surface area contributed by atoms with Gasteiger partial charge in [-0.05, 0) is 23.8 Å². The first-order valence-corrected chi connectivity index (χ1v) is 10.6. The number of ether oxygens (including phenoxy) is 1. The number of nitrogens with one attached hydrogen (secondary N) is 1. The van der Waals surface area contributed by atoms with E-state index < -0.39 is 15.9 Å². The number of rotatable bonds is 8. The third-order valence-corrected chi connectivity index (χ3v) is 5.74. The summed E-state index contributed by atoms with van der Waals surface area (Å²) in [6.07, 6.45) is 1.05. The van der Waals surface area contributed by atoms with E-state index in [1.54, 1.807) is 31.4 Å². The molecule has 2 rings (SSSR count). The van der Waals surface area contributed by atoms with Crippen molar-refractivity contribution in [2.24, 2.45) is 0 Å². The Bertz CT molecular complexity index is 919. The van der Waals surface area contributed by atoms with Crippen molar-refractivity contribution in [1.82, 2.24) is 9.62 Å². The fraction of sp³-hybridized carbons (Fsp3) is 0.278. The Morgan fingerprint density at radius 1 is 1.15 bits per heavy atom. The van der Waals surface area contributed by atoms with Crippen LogP contribution in [0.4, 0.5) is 0 Å². The number of carbonyl (C=O) groups is 1. The van der Waals surface area contributed by atoms with Crippen LogP contribution >= 0.6 is 23.2 Å². The minimum atomic E-state index is -3.61. The Labute approximate surface area is 169 Å². The second kappa shape index (κ2) is 9.41. The second-order valence-corrected chi connectivity index (χ2v) is 8.66. The molecule has 27 heavy (non-hydrogen) atoms. The van der Waals surface area contributed by atoms with Gasteiger partial charge in [0.1, 0.15) is 5.75 Å². The number of halogens is 2. The number of para-hydroxylation sites is 1. The molecule has 0 saturated carbocycles. The van der Waals surface area contributed by atoms with Crippen molar-refractivity contribution in [3.05, 3.63) is 63.6 Å². The third kappa shape index (κ3) is 6.39. The number of nitrogens with zero attached hydrogens (tertiary/aromatic N) is 1. The minimum absolute atomic E-state index is 0.0117. The van der Waals surface area contributed by atoms with Crippen molar-refractivity contribution in [1.29, 1.82) is 0 Å². The van der Waals surface area contributed by atoms with Crippen molar-refractivity contribution in [3.63, 3.8) is 0 Å². The Kier molecular flexibility index (Phi) is 7.49. The highest BCUT2D eigenvalue weighted by Gasteiger charge is 2.21. The Morgan fingerprint density at radius 2 is 1.85 bits per heavy atom. The first kappa shape index (κ1) is 21.5. The molecule has 0 aliphatic rings. The Hall–Kier alpha value is -1.80. The predicted octanol–water partition coefficient (Wildman–Crippen LogP) is 3.08. The van der Waals surface area contributed by atoms with E-state index in [0.717, 1.165) is 16.1 Å². The van der Waals surface area contributed by atoms with Gasteiger partial charge in [0, 0.05) is 18.7 Å². The highest BCUT2D eigenvalue weighted by molar-refractivity contribution is 7.88. The molecule has 0 saturated heterocycles. The molecular formula is C18H20Cl2N2O4S. The number of sulfonamides is 1. The fourth-order valence-electron chi connectivity index (χ4n) is 2.39. The van der Waals surface area contributed by atoms with Gasteiger partial charge in [0.05, 0.1) is 30.0 Å². The summed E-state index contributed by atoms with van der Waals surface area (Å²) < 4.78 is 30.4. The van der Waals surface area contributed by atoms with Gasteiger partial charge in [-0.15, -0.1) is 0 Å². The molecule has 1 amide bonds. The summed E-state index contributed by atoms with van der Waals surface area (Å²) in [5, 5.41) is 3.41. The number of hydrogen-bond acceptors (Lipinski definition) is 4. The SMILES string of the molecule is COc1ccccc1CNC(=O)CN(Cc1ccc(Cl)c(Cl)c1)S(C)(=O)=O. The van der Waals surface area contributed by atoms with E-state index in [-0.39, 0.29) is 19.6 Å². The zero-order valence-corrected chi connectivity index (χ0v) is 17.2. The van der Waals surface area contributed by atoms with Crippen molar-refractivity contribution in [2.45, 2.75) is 13.1 Å². The molecule has 2 aromatic carbocycles. The normalized spacial score (nSPS) is 11.4. The molecular weight excluding hydrogens is 411 g/mol. The molecule has 2 aromatic rings. The summed E-state index contributed by atoms with van der Waals surface area (Å²) in [6.45, 7) is -0.0702. The van der Waals surface area contributed by atoms with Crippen LogP contribution in [-0.2, 0) is 27.9 Å². The van der Waals surface area contributed by atoms with E-state index in [1.165, 1.54) is 0 Å². The van der Waals surface area contributed by atoms with Crippen LogP contribution in [0.3, 0.4) is 0 Å². The summed E-state index contributed by atoms with van der Waals surface area (Å²) in [5.41, 5.74) is 1.43. The van der Waals surface area contributed by atoms with Gasteiger partial charge >= 0.3 is 0 Å². The maximum atomic E-state index is 12.3. The van der Waals surface area contributed by atoms with Gasteiger partial charge in [-0.2, -0.15) is 4.31 Å². The Balaban J connectivity index is 2.05. The lowest BCUT2D eigenvalue weighted by Gasteiger charge is -2.20. The van der Waals surface area contributed by atoms with Gasteiger partial charge in [0.15, 0.2) is 0 Å². The second-order valence-electron chi connectivity index (χ2n) is 5.87. The van der Waals surface area contributed by atoms with Crippen LogP contribution in [-0.4, -0.2) is 38.5 Å². The lowest BCUT2D eigenvalue weighted by Crippen LogP contribution is -2.39. The monoisotopic (exact) mass is 430 g/mol. The number of amides is 1. The molecule has 0 radical (unpaired) electrons. The van der Waals surface area contributed by atoms with Gasteiger partial charge in [-0.25, -0.2) is 8.42 Å². The van der Waals surface area contributed by atoms with Crippen molar-refractivity contribution >= 4 is 39.1 Å². The van der Waals surface area contributed by atoms with E-state index >= 15 is 0 Å². The number of benzene rings is 2. The first-order valence-electron chi connectivity index (χ1n) is 7.98. The fourth-order valence-corrected chi connectivity index (χ4v) is 3.45. The van der Waals surface area contributed by atoms with E-state index in [4.69, 9.17) is 27.9 Å². The van der Waals surface area contributed by atoms with E-state index in [2.05, 4.69) is 5.32 Å². The summed E-state index contributed by atoms with van der Waals surface area (Å²) >= 11 is 11.8. The minimum Gasteiger partial charge on any atom is -0.496 e. The van der Waals surface area contributed by atoms with Gasteiger partial charge in [-0.1, -0.05) is 47.5 Å². The molecule has 9 heteroatoms. The predicted molar refractivity (Wildman–Crippen MR) is 107 cm³/mol. The summed E-state index contributed by atoms with van der Waals surface area (Å²) in [6, 6.07) is 12.1. The molecule has 0 aliphatic carbocycles. The third-order valence-electron chi connectivity index (χ3n) is 3.80. The molecule has 0 atom stereocenters. The largest absolute Gasteiger partial charge is 0.496 e. The van der Waals surface area contributed by atoms with Crippen LogP contribution in [0.25, 0.3) is 0 Å². The van der Waals surface area contributed by atoms with Crippen LogP contribution in [0.1, 0.15) is 11.1 Å². The van der Waals surface area contributed by atoms with Crippen LogP contribution in [0.5, 0.6) is 5.75 Å². The number of hydrogen-bond donors (Lipinski definition) is 1. The van der Waals surface area contributed by atoms with Crippen LogP contribution in [0.15, 0.2) is 42.5 Å². The van der Waals surface area contributed by atoms with Crippen LogP contribution in [0.2, 0.25) is 10.0 Å². The van der Waals surface area contributed by atoms with Crippen LogP contribution in [0, 0.1) is 0 Å². The molecule has 146 valence electrons. The van der Waals surface area contributed by atoms with Gasteiger partial charge in [0.25, 0.3) is 0 Å². The summed E-state index contributed by atoms with van der Waals surface area (Å²) in [5.74, 6) is 0.222. The highest BCUT2D eigenvalue weighted by atomic mass is 35.5. The molecule has 1 N–H and O–H groups in total. The average Bonchev–Trinajstić information content (AvgIpc) is 2.62. The van der Waals surface area contributed by atoms with Gasteiger partial charge < -0.3 is 10.1 Å². The van der Waals surface area contributed by atoms with Crippen molar-refractivity contribution in [2.75, 3.05) is 19.9 Å². The number of methoxy groups -OCH3 is 1. The Morgan fingerprint density at radius 3 is 2.48 bits per heavy atom. The van der Waals surface area contributed by atoms with E-state index in [0.29, 0.717) is 21.4 Å². The van der Waals surface area contributed by atoms with Crippen molar-refractivity contribution in [3.8, 4) is 5.75 Å². The first-order chi connectivity index (χ1) is 12.7. The van der Waals surface area contributed by atoms with Crippen LogP contribution < -0.4 is 10.1 Å². The zero-order chi connectivity index (χ0) is 20.0. The topological polar surface area (TPSA) is 75.7 Å². The molecule has 6 nitrogen and oxygen atoms in total. The summed E-state index contributed by atoms with van der Waals surface area (Å²) in [7, 11) is -2.06. The maximum Gasteiger partial charge on any atom is 0.235 e. The quantitative estimate of drug-likeness (QED) is 0.697. The van der Waals surface area contributed by atoms with E-state index in [9.17, 15) is 13.2 Å².